The van der Waals surface area contributed by atoms with Crippen molar-refractivity contribution in [1.29, 1.82) is 0 Å². The molecule has 0 spiro atoms. The minimum atomic E-state index is -0.136. The van der Waals surface area contributed by atoms with Crippen LogP contribution < -0.4 is 4.90 Å². The molecule has 1 unspecified atom stereocenters. The number of likely N-dealkylation sites (N-methyl/N-ethyl adjacent to an activating group) is 1. The van der Waals surface area contributed by atoms with Crippen molar-refractivity contribution in [3.63, 3.8) is 0 Å². The number of benzene rings is 1. The highest BCUT2D eigenvalue weighted by atomic mass is 16.2. The number of carbonyl (C=O) groups excluding carboxylic acids is 2. The SMILES string of the molecule is CN1CCN(c2cnn(C3CCN(C(=O)c4cnn(-c5ccccc5)n4)C3)c2)C1=O. The molecule has 0 saturated carbocycles. The van der Waals surface area contributed by atoms with Crippen LogP contribution in [0.2, 0.25) is 0 Å². The maximum absolute atomic E-state index is 12.9. The summed E-state index contributed by atoms with van der Waals surface area (Å²) >= 11 is 0. The summed E-state index contributed by atoms with van der Waals surface area (Å²) in [5.74, 6) is -0.136. The fraction of sp³-hybridized carbons (Fsp3) is 0.350. The molecule has 0 aliphatic carbocycles. The van der Waals surface area contributed by atoms with E-state index in [9.17, 15) is 9.59 Å². The first-order valence-electron chi connectivity index (χ1n) is 9.94. The van der Waals surface area contributed by atoms with Crippen molar-refractivity contribution in [2.45, 2.75) is 12.5 Å². The van der Waals surface area contributed by atoms with E-state index in [2.05, 4.69) is 15.3 Å². The van der Waals surface area contributed by atoms with Gasteiger partial charge in [0.1, 0.15) is 0 Å². The Labute approximate surface area is 173 Å². The van der Waals surface area contributed by atoms with Gasteiger partial charge in [0.15, 0.2) is 5.69 Å². The lowest BCUT2D eigenvalue weighted by atomic mass is 10.3. The van der Waals surface area contributed by atoms with E-state index in [0.29, 0.717) is 31.9 Å². The van der Waals surface area contributed by atoms with Crippen LogP contribution in [0.15, 0.2) is 48.9 Å². The minimum Gasteiger partial charge on any atom is -0.335 e. The third-order valence-corrected chi connectivity index (χ3v) is 5.64. The van der Waals surface area contributed by atoms with Gasteiger partial charge >= 0.3 is 6.03 Å². The predicted molar refractivity (Wildman–Crippen MR) is 109 cm³/mol. The van der Waals surface area contributed by atoms with E-state index >= 15 is 0 Å². The quantitative estimate of drug-likeness (QED) is 0.653. The topological polar surface area (TPSA) is 92.4 Å². The number of aromatic nitrogens is 5. The van der Waals surface area contributed by atoms with E-state index in [0.717, 1.165) is 17.8 Å². The van der Waals surface area contributed by atoms with Crippen molar-refractivity contribution in [1.82, 2.24) is 34.6 Å². The Morgan fingerprint density at radius 1 is 1.03 bits per heavy atom. The van der Waals surface area contributed by atoms with Gasteiger partial charge in [-0.05, 0) is 18.6 Å². The number of anilines is 1. The first-order chi connectivity index (χ1) is 14.6. The smallest absolute Gasteiger partial charge is 0.324 e. The van der Waals surface area contributed by atoms with Crippen molar-refractivity contribution >= 4 is 17.6 Å². The molecule has 10 heteroatoms. The predicted octanol–water partition coefficient (Wildman–Crippen LogP) is 1.42. The lowest BCUT2D eigenvalue weighted by molar-refractivity contribution is 0.0780. The molecule has 0 N–H and O–H groups in total. The van der Waals surface area contributed by atoms with Crippen LogP contribution in [-0.2, 0) is 0 Å². The number of nitrogens with zero attached hydrogens (tertiary/aromatic N) is 8. The summed E-state index contributed by atoms with van der Waals surface area (Å²) in [6.07, 6.45) is 5.91. The number of rotatable bonds is 4. The molecule has 4 heterocycles. The second-order valence-corrected chi connectivity index (χ2v) is 7.58. The number of urea groups is 1. The monoisotopic (exact) mass is 406 g/mol. The lowest BCUT2D eigenvalue weighted by Crippen LogP contribution is -2.30. The van der Waals surface area contributed by atoms with Crippen LogP contribution in [0.5, 0.6) is 0 Å². The summed E-state index contributed by atoms with van der Waals surface area (Å²) in [6, 6.07) is 9.55. The van der Waals surface area contributed by atoms with E-state index < -0.39 is 0 Å². The van der Waals surface area contributed by atoms with E-state index in [4.69, 9.17) is 0 Å². The molecule has 3 aromatic rings. The maximum atomic E-state index is 12.9. The van der Waals surface area contributed by atoms with Gasteiger partial charge in [-0.1, -0.05) is 18.2 Å². The molecule has 154 valence electrons. The van der Waals surface area contributed by atoms with Gasteiger partial charge in [-0.25, -0.2) is 4.79 Å². The highest BCUT2D eigenvalue weighted by Crippen LogP contribution is 2.26. The van der Waals surface area contributed by atoms with Gasteiger partial charge in [0.25, 0.3) is 5.91 Å². The zero-order valence-corrected chi connectivity index (χ0v) is 16.6. The molecule has 10 nitrogen and oxygen atoms in total. The largest absolute Gasteiger partial charge is 0.335 e. The average molecular weight is 406 g/mol. The van der Waals surface area contributed by atoms with Crippen LogP contribution >= 0.6 is 0 Å². The average Bonchev–Trinajstić information content (AvgIpc) is 3.56. The highest BCUT2D eigenvalue weighted by Gasteiger charge is 2.32. The molecule has 0 bridgehead atoms. The number of para-hydroxylation sites is 1. The van der Waals surface area contributed by atoms with Crippen LogP contribution in [0.4, 0.5) is 10.5 Å². The Hall–Kier alpha value is -3.69. The summed E-state index contributed by atoms with van der Waals surface area (Å²) < 4.78 is 1.86. The second kappa shape index (κ2) is 7.29. The van der Waals surface area contributed by atoms with Crippen LogP contribution in [-0.4, -0.2) is 79.7 Å². The molecule has 1 atom stereocenters. The molecule has 3 amide bonds. The van der Waals surface area contributed by atoms with Crippen LogP contribution in [0, 0.1) is 0 Å². The number of carbonyl (C=O) groups is 2. The van der Waals surface area contributed by atoms with Crippen LogP contribution in [0.25, 0.3) is 5.69 Å². The van der Waals surface area contributed by atoms with E-state index in [1.807, 2.05) is 41.2 Å². The highest BCUT2D eigenvalue weighted by molar-refractivity contribution is 5.93. The van der Waals surface area contributed by atoms with E-state index in [1.165, 1.54) is 11.0 Å². The summed E-state index contributed by atoms with van der Waals surface area (Å²) in [7, 11) is 1.79. The van der Waals surface area contributed by atoms with Crippen molar-refractivity contribution in [2.24, 2.45) is 0 Å². The Balaban J connectivity index is 1.26. The summed E-state index contributed by atoms with van der Waals surface area (Å²) in [6.45, 7) is 2.54. The van der Waals surface area contributed by atoms with E-state index in [-0.39, 0.29) is 18.0 Å². The Morgan fingerprint density at radius 2 is 1.87 bits per heavy atom. The zero-order chi connectivity index (χ0) is 20.7. The number of hydrogen-bond donors (Lipinski definition) is 0. The van der Waals surface area contributed by atoms with Crippen molar-refractivity contribution in [2.75, 3.05) is 38.1 Å². The summed E-state index contributed by atoms with van der Waals surface area (Å²) in [5, 5.41) is 13.0. The lowest BCUT2D eigenvalue weighted by Gasteiger charge is -2.15. The van der Waals surface area contributed by atoms with Gasteiger partial charge in [0.2, 0.25) is 0 Å². The second-order valence-electron chi connectivity index (χ2n) is 7.58. The molecule has 2 saturated heterocycles. The minimum absolute atomic E-state index is 0.0146. The maximum Gasteiger partial charge on any atom is 0.324 e. The molecule has 2 fully saturated rings. The van der Waals surface area contributed by atoms with Crippen LogP contribution in [0.3, 0.4) is 0 Å². The van der Waals surface area contributed by atoms with Crippen molar-refractivity contribution in [3.8, 4) is 5.69 Å². The van der Waals surface area contributed by atoms with Gasteiger partial charge in [0.05, 0.1) is 29.8 Å². The Morgan fingerprint density at radius 3 is 2.63 bits per heavy atom. The molecule has 2 aliphatic rings. The standard InChI is InChI=1S/C20H22N8O2/c1-24-9-10-26(20(24)30)17-11-21-27(14-17)16-7-8-25(13-16)19(29)18-12-22-28(23-18)15-5-3-2-4-6-15/h2-6,11-12,14,16H,7-10,13H2,1H3. The molecule has 30 heavy (non-hydrogen) atoms. The van der Waals surface area contributed by atoms with Crippen LogP contribution in [0.1, 0.15) is 23.0 Å². The molecular formula is C20H22N8O2. The molecule has 5 rings (SSSR count). The third-order valence-electron chi connectivity index (χ3n) is 5.64. The first-order valence-corrected chi connectivity index (χ1v) is 9.94. The Kier molecular flexibility index (Phi) is 4.46. The fourth-order valence-electron chi connectivity index (χ4n) is 3.90. The van der Waals surface area contributed by atoms with Gasteiger partial charge in [0, 0.05) is 39.4 Å². The van der Waals surface area contributed by atoms with Gasteiger partial charge in [-0.2, -0.15) is 15.0 Å². The van der Waals surface area contributed by atoms with Gasteiger partial charge < -0.3 is 9.80 Å². The third kappa shape index (κ3) is 3.19. The first kappa shape index (κ1) is 18.3. The van der Waals surface area contributed by atoms with Gasteiger partial charge in [-0.15, -0.1) is 5.10 Å². The van der Waals surface area contributed by atoms with E-state index in [1.54, 1.807) is 27.9 Å². The molecule has 2 aromatic heterocycles. The van der Waals surface area contributed by atoms with Crippen molar-refractivity contribution < 1.29 is 9.59 Å². The normalized spacial score (nSPS) is 19.2. The fourth-order valence-corrected chi connectivity index (χ4v) is 3.90. The van der Waals surface area contributed by atoms with Crippen molar-refractivity contribution in [3.05, 3.63) is 54.6 Å². The van der Waals surface area contributed by atoms with Gasteiger partial charge in [-0.3, -0.25) is 14.4 Å². The number of amides is 3. The molecular weight excluding hydrogens is 384 g/mol. The summed E-state index contributed by atoms with van der Waals surface area (Å²) in [5.41, 5.74) is 1.92. The zero-order valence-electron chi connectivity index (χ0n) is 16.6. The Bertz CT molecular complexity index is 1080. The molecule has 2 aliphatic heterocycles. The number of hydrogen-bond acceptors (Lipinski definition) is 5. The summed E-state index contributed by atoms with van der Waals surface area (Å²) in [4.78, 5) is 31.7. The number of likely N-dealkylation sites (tertiary alicyclic amines) is 1. The molecule has 1 aromatic carbocycles. The molecule has 0 radical (unpaired) electrons.